The summed E-state index contributed by atoms with van der Waals surface area (Å²) in [4.78, 5) is 4.32. The van der Waals surface area contributed by atoms with Crippen LogP contribution in [0.4, 0.5) is 13.2 Å². The molecule has 1 saturated heterocycles. The van der Waals surface area contributed by atoms with Crippen molar-refractivity contribution in [2.75, 3.05) is 26.8 Å². The number of guanidine groups is 1. The topological polar surface area (TPSA) is 57.7 Å². The molecule has 0 aromatic heterocycles. The fourth-order valence-electron chi connectivity index (χ4n) is 4.62. The van der Waals surface area contributed by atoms with Gasteiger partial charge in [-0.05, 0) is 51.0 Å². The molecule has 174 valence electrons. The van der Waals surface area contributed by atoms with Crippen molar-refractivity contribution in [3.8, 4) is 0 Å². The summed E-state index contributed by atoms with van der Waals surface area (Å²) in [5.74, 6) is -0.523. The van der Waals surface area contributed by atoms with E-state index in [2.05, 4.69) is 40.0 Å². The van der Waals surface area contributed by atoms with Gasteiger partial charge in [0.2, 0.25) is 0 Å². The minimum absolute atomic E-state index is 0.0200. The number of hydrogen-bond acceptors (Lipinski definition) is 3. The minimum atomic E-state index is -4.08. The van der Waals surface area contributed by atoms with Gasteiger partial charge in [-0.1, -0.05) is 30.3 Å². The van der Waals surface area contributed by atoms with Crippen LogP contribution in [-0.4, -0.2) is 50.5 Å². The second-order valence-electron chi connectivity index (χ2n) is 8.83. The zero-order valence-corrected chi connectivity index (χ0v) is 18.5. The fourth-order valence-corrected chi connectivity index (χ4v) is 4.62. The Labute approximate surface area is 183 Å². The third kappa shape index (κ3) is 6.84. The molecule has 5 nitrogen and oxygen atoms in total. The SMILES string of the molecule is CN=C(NCC1(NC(C)c2ccccc2)CCOCC1)NC1CCC(C(F)(F)F)CC1. The van der Waals surface area contributed by atoms with Crippen molar-refractivity contribution in [2.24, 2.45) is 10.9 Å². The standard InChI is InChI=1S/C23H35F3N4O/c1-17(18-6-4-3-5-7-18)30-22(12-14-31-15-13-22)16-28-21(27-2)29-20-10-8-19(9-11-20)23(24,25)26/h3-7,17,19-20,30H,8-16H2,1-2H3,(H2,27,28,29). The molecule has 3 N–H and O–H groups in total. The van der Waals surface area contributed by atoms with Gasteiger partial charge >= 0.3 is 6.18 Å². The first-order valence-corrected chi connectivity index (χ1v) is 11.3. The predicted molar refractivity (Wildman–Crippen MR) is 117 cm³/mol. The molecule has 1 unspecified atom stereocenters. The Hall–Kier alpha value is -1.80. The van der Waals surface area contributed by atoms with Gasteiger partial charge < -0.3 is 20.7 Å². The molecule has 1 aromatic rings. The van der Waals surface area contributed by atoms with Crippen LogP contribution in [0.5, 0.6) is 0 Å². The van der Waals surface area contributed by atoms with Crippen molar-refractivity contribution in [1.29, 1.82) is 0 Å². The Balaban J connectivity index is 1.55. The van der Waals surface area contributed by atoms with E-state index in [0.717, 1.165) is 12.8 Å². The summed E-state index contributed by atoms with van der Waals surface area (Å²) in [6, 6.07) is 10.6. The molecule has 0 radical (unpaired) electrons. The third-order valence-electron chi connectivity index (χ3n) is 6.62. The highest BCUT2D eigenvalue weighted by Gasteiger charge is 2.41. The largest absolute Gasteiger partial charge is 0.391 e. The maximum atomic E-state index is 12.9. The molecule has 1 atom stereocenters. The van der Waals surface area contributed by atoms with Crippen molar-refractivity contribution < 1.29 is 17.9 Å². The van der Waals surface area contributed by atoms with E-state index in [1.165, 1.54) is 5.56 Å². The molecule has 0 spiro atoms. The lowest BCUT2D eigenvalue weighted by Gasteiger charge is -2.41. The second kappa shape index (κ2) is 10.7. The quantitative estimate of drug-likeness (QED) is 0.459. The molecule has 2 fully saturated rings. The predicted octanol–water partition coefficient (Wildman–Crippen LogP) is 4.17. The molecule has 31 heavy (non-hydrogen) atoms. The lowest BCUT2D eigenvalue weighted by Crippen LogP contribution is -2.59. The first-order valence-electron chi connectivity index (χ1n) is 11.3. The van der Waals surface area contributed by atoms with Crippen LogP contribution in [0.3, 0.4) is 0 Å². The van der Waals surface area contributed by atoms with Crippen LogP contribution < -0.4 is 16.0 Å². The molecule has 1 aliphatic carbocycles. The van der Waals surface area contributed by atoms with E-state index in [4.69, 9.17) is 4.74 Å². The Morgan fingerprint density at radius 3 is 2.35 bits per heavy atom. The van der Waals surface area contributed by atoms with Crippen LogP contribution in [0.2, 0.25) is 0 Å². The Bertz CT molecular complexity index is 697. The number of rotatable bonds is 6. The molecule has 1 heterocycles. The monoisotopic (exact) mass is 440 g/mol. The number of alkyl halides is 3. The Morgan fingerprint density at radius 2 is 1.77 bits per heavy atom. The number of hydrogen-bond donors (Lipinski definition) is 3. The van der Waals surface area contributed by atoms with E-state index in [1.54, 1.807) is 7.05 Å². The number of nitrogens with zero attached hydrogens (tertiary/aromatic N) is 1. The van der Waals surface area contributed by atoms with Gasteiger partial charge in [0.05, 0.1) is 5.92 Å². The average Bonchev–Trinajstić information content (AvgIpc) is 2.77. The molecule has 1 aromatic carbocycles. The van der Waals surface area contributed by atoms with Crippen LogP contribution in [-0.2, 0) is 4.74 Å². The van der Waals surface area contributed by atoms with Crippen LogP contribution >= 0.6 is 0 Å². The van der Waals surface area contributed by atoms with Gasteiger partial charge in [0.25, 0.3) is 0 Å². The molecule has 2 aliphatic rings. The highest BCUT2D eigenvalue weighted by molar-refractivity contribution is 5.80. The highest BCUT2D eigenvalue weighted by Crippen LogP contribution is 2.37. The normalized spacial score (nSPS) is 25.6. The Morgan fingerprint density at radius 1 is 1.13 bits per heavy atom. The van der Waals surface area contributed by atoms with E-state index < -0.39 is 12.1 Å². The Kier molecular flexibility index (Phi) is 8.22. The van der Waals surface area contributed by atoms with Crippen molar-refractivity contribution in [3.05, 3.63) is 35.9 Å². The van der Waals surface area contributed by atoms with Gasteiger partial charge in [-0.15, -0.1) is 0 Å². The van der Waals surface area contributed by atoms with Gasteiger partial charge in [-0.3, -0.25) is 4.99 Å². The van der Waals surface area contributed by atoms with Crippen LogP contribution in [0.15, 0.2) is 35.3 Å². The second-order valence-corrected chi connectivity index (χ2v) is 8.83. The minimum Gasteiger partial charge on any atom is -0.381 e. The summed E-state index contributed by atoms with van der Waals surface area (Å²) in [5.41, 5.74) is 1.09. The van der Waals surface area contributed by atoms with Gasteiger partial charge in [-0.2, -0.15) is 13.2 Å². The van der Waals surface area contributed by atoms with Gasteiger partial charge in [0.1, 0.15) is 0 Å². The lowest BCUT2D eigenvalue weighted by molar-refractivity contribution is -0.182. The number of aliphatic imine (C=N–C) groups is 1. The van der Waals surface area contributed by atoms with Gasteiger partial charge in [0.15, 0.2) is 5.96 Å². The summed E-state index contributed by atoms with van der Waals surface area (Å²) in [6.07, 6.45) is -0.956. The maximum absolute atomic E-state index is 12.9. The maximum Gasteiger partial charge on any atom is 0.391 e. The number of benzene rings is 1. The molecular weight excluding hydrogens is 405 g/mol. The van der Waals surface area contributed by atoms with E-state index in [-0.39, 0.29) is 30.5 Å². The molecule has 3 rings (SSSR count). The van der Waals surface area contributed by atoms with Crippen molar-refractivity contribution in [1.82, 2.24) is 16.0 Å². The summed E-state index contributed by atoms with van der Waals surface area (Å²) >= 11 is 0. The fraction of sp³-hybridized carbons (Fsp3) is 0.696. The third-order valence-corrected chi connectivity index (χ3v) is 6.62. The molecule has 8 heteroatoms. The molecular formula is C23H35F3N4O. The molecule has 0 amide bonds. The van der Waals surface area contributed by atoms with Crippen LogP contribution in [0.25, 0.3) is 0 Å². The summed E-state index contributed by atoms with van der Waals surface area (Å²) < 4.78 is 44.4. The van der Waals surface area contributed by atoms with Gasteiger partial charge in [0, 0.05) is 44.4 Å². The zero-order valence-electron chi connectivity index (χ0n) is 18.5. The van der Waals surface area contributed by atoms with Crippen LogP contribution in [0, 0.1) is 5.92 Å². The summed E-state index contributed by atoms with van der Waals surface area (Å²) in [5, 5.41) is 10.6. The zero-order chi connectivity index (χ0) is 22.3. The lowest BCUT2D eigenvalue weighted by atomic mass is 9.85. The summed E-state index contributed by atoms with van der Waals surface area (Å²) in [7, 11) is 1.70. The van der Waals surface area contributed by atoms with Crippen molar-refractivity contribution in [3.63, 3.8) is 0 Å². The van der Waals surface area contributed by atoms with Crippen molar-refractivity contribution in [2.45, 2.75) is 69.2 Å². The number of halogens is 3. The van der Waals surface area contributed by atoms with E-state index in [0.29, 0.717) is 38.6 Å². The molecule has 1 aliphatic heterocycles. The smallest absolute Gasteiger partial charge is 0.381 e. The van der Waals surface area contributed by atoms with Crippen molar-refractivity contribution >= 4 is 5.96 Å². The molecule has 1 saturated carbocycles. The summed E-state index contributed by atoms with van der Waals surface area (Å²) in [6.45, 7) is 4.23. The number of nitrogens with one attached hydrogen (secondary N) is 3. The van der Waals surface area contributed by atoms with E-state index in [9.17, 15) is 13.2 Å². The highest BCUT2D eigenvalue weighted by atomic mass is 19.4. The average molecular weight is 441 g/mol. The van der Waals surface area contributed by atoms with E-state index in [1.807, 2.05) is 18.2 Å². The molecule has 0 bridgehead atoms. The van der Waals surface area contributed by atoms with E-state index >= 15 is 0 Å². The first-order chi connectivity index (χ1) is 14.8. The first kappa shape index (κ1) is 23.9. The van der Waals surface area contributed by atoms with Gasteiger partial charge in [-0.25, -0.2) is 0 Å². The number of ether oxygens (including phenoxy) is 1. The van der Waals surface area contributed by atoms with Crippen LogP contribution in [0.1, 0.15) is 57.1 Å².